The van der Waals surface area contributed by atoms with E-state index in [4.69, 9.17) is 0 Å². The van der Waals surface area contributed by atoms with Crippen molar-refractivity contribution in [3.8, 4) is 0 Å². The molecule has 2 N–H and O–H groups in total. The lowest BCUT2D eigenvalue weighted by Crippen LogP contribution is -3.27. The van der Waals surface area contributed by atoms with Crippen LogP contribution in [0.4, 0.5) is 0 Å². The molecule has 1 saturated heterocycles. The fraction of sp³-hybridized carbons (Fsp3) is 0.522. The molecule has 0 spiro atoms. The van der Waals surface area contributed by atoms with Crippen molar-refractivity contribution in [3.63, 3.8) is 0 Å². The highest BCUT2D eigenvalue weighted by Crippen LogP contribution is 2.38. The van der Waals surface area contributed by atoms with E-state index in [2.05, 4.69) is 55.7 Å². The number of nitrogens with one attached hydrogen (secondary N) is 2. The lowest BCUT2D eigenvalue weighted by Gasteiger charge is -2.29. The Morgan fingerprint density at radius 2 is 1.74 bits per heavy atom. The first kappa shape index (κ1) is 18.5. The van der Waals surface area contributed by atoms with E-state index >= 15 is 0 Å². The molecule has 1 aliphatic carbocycles. The number of aryl methyl sites for hydroxylation is 2. The maximum atomic E-state index is 12.9. The van der Waals surface area contributed by atoms with Crippen LogP contribution in [0.3, 0.4) is 0 Å². The molecular weight excluding hydrogens is 334 g/mol. The Morgan fingerprint density at radius 3 is 2.41 bits per heavy atom. The van der Waals surface area contributed by atoms with Gasteiger partial charge in [0, 0.05) is 28.6 Å². The third-order valence-corrected chi connectivity index (χ3v) is 6.31. The van der Waals surface area contributed by atoms with E-state index in [1.54, 1.807) is 4.90 Å². The van der Waals surface area contributed by atoms with Crippen molar-refractivity contribution >= 4 is 5.78 Å². The molecule has 4 heteroatoms. The summed E-state index contributed by atoms with van der Waals surface area (Å²) in [6.45, 7) is 12.7. The summed E-state index contributed by atoms with van der Waals surface area (Å²) < 4.78 is 2.38. The van der Waals surface area contributed by atoms with Gasteiger partial charge in [-0.2, -0.15) is 0 Å². The fourth-order valence-electron chi connectivity index (χ4n) is 4.70. The second-order valence-corrected chi connectivity index (χ2v) is 8.65. The molecular formula is C23H33N3O+2. The Kier molecular flexibility index (Phi) is 5.20. The second kappa shape index (κ2) is 7.61. The van der Waals surface area contributed by atoms with Crippen molar-refractivity contribution in [1.29, 1.82) is 0 Å². The van der Waals surface area contributed by atoms with Gasteiger partial charge in [0.1, 0.15) is 39.3 Å². The van der Waals surface area contributed by atoms with Crippen molar-refractivity contribution in [2.24, 2.45) is 0 Å². The Morgan fingerprint density at radius 1 is 1.04 bits per heavy atom. The van der Waals surface area contributed by atoms with Crippen LogP contribution in [0.25, 0.3) is 0 Å². The quantitative estimate of drug-likeness (QED) is 0.731. The van der Waals surface area contributed by atoms with E-state index in [1.165, 1.54) is 40.3 Å². The van der Waals surface area contributed by atoms with Crippen LogP contribution in [0.5, 0.6) is 0 Å². The van der Waals surface area contributed by atoms with Gasteiger partial charge in [-0.25, -0.2) is 0 Å². The van der Waals surface area contributed by atoms with Crippen molar-refractivity contribution in [2.75, 3.05) is 32.7 Å². The Balaban J connectivity index is 1.31. The van der Waals surface area contributed by atoms with Crippen LogP contribution in [-0.2, 0) is 6.54 Å². The van der Waals surface area contributed by atoms with Gasteiger partial charge >= 0.3 is 0 Å². The number of carbonyl (C=O) groups is 1. The Labute approximate surface area is 162 Å². The maximum Gasteiger partial charge on any atom is 0.218 e. The van der Waals surface area contributed by atoms with Gasteiger partial charge in [-0.15, -0.1) is 0 Å². The molecule has 2 aliphatic rings. The molecule has 27 heavy (non-hydrogen) atoms. The molecule has 0 unspecified atom stereocenters. The summed E-state index contributed by atoms with van der Waals surface area (Å²) in [5.41, 5.74) is 6.16. The molecule has 2 aromatic rings. The summed E-state index contributed by atoms with van der Waals surface area (Å²) in [6.07, 6.45) is 2.53. The Bertz CT molecular complexity index is 826. The number of hydrogen-bond acceptors (Lipinski definition) is 1. The largest absolute Gasteiger partial charge is 0.345 e. The third kappa shape index (κ3) is 4.17. The topological polar surface area (TPSA) is 30.9 Å². The molecule has 4 rings (SSSR count). The zero-order valence-electron chi connectivity index (χ0n) is 17.0. The summed E-state index contributed by atoms with van der Waals surface area (Å²) >= 11 is 0. The van der Waals surface area contributed by atoms with Gasteiger partial charge in [0.2, 0.25) is 5.78 Å². The molecule has 2 fully saturated rings. The number of ketones is 1. The number of benzene rings is 1. The lowest BCUT2D eigenvalue weighted by molar-refractivity contribution is -1.01. The zero-order valence-corrected chi connectivity index (χ0v) is 17.0. The normalized spacial score (nSPS) is 22.8. The Hall–Kier alpha value is -1.91. The molecule has 1 aromatic heterocycles. The molecule has 144 valence electrons. The van der Waals surface area contributed by atoms with Crippen molar-refractivity contribution in [3.05, 3.63) is 58.4 Å². The molecule has 1 aromatic carbocycles. The highest BCUT2D eigenvalue weighted by Gasteiger charge is 2.30. The summed E-state index contributed by atoms with van der Waals surface area (Å²) in [6, 6.07) is 11.6. The molecule has 4 nitrogen and oxygen atoms in total. The van der Waals surface area contributed by atoms with Crippen molar-refractivity contribution in [2.45, 2.75) is 46.2 Å². The molecule has 0 amide bonds. The maximum absolute atomic E-state index is 12.9. The van der Waals surface area contributed by atoms with Gasteiger partial charge in [0.05, 0.1) is 0 Å². The first-order valence-corrected chi connectivity index (χ1v) is 10.5. The number of aromatic nitrogens is 1. The van der Waals surface area contributed by atoms with Crippen LogP contribution in [-0.4, -0.2) is 43.1 Å². The van der Waals surface area contributed by atoms with Crippen molar-refractivity contribution < 1.29 is 14.6 Å². The minimum atomic E-state index is 0.326. The van der Waals surface area contributed by atoms with Gasteiger partial charge in [-0.1, -0.05) is 29.8 Å². The van der Waals surface area contributed by atoms with E-state index in [0.717, 1.165) is 38.3 Å². The van der Waals surface area contributed by atoms with E-state index in [1.807, 2.05) is 0 Å². The molecule has 2 heterocycles. The number of Topliss-reactive ketones (excluding diaryl/α,β-unsaturated/α-hetero) is 1. The minimum absolute atomic E-state index is 0.326. The number of piperazine rings is 1. The first-order chi connectivity index (χ1) is 13.0. The number of rotatable bonds is 6. The van der Waals surface area contributed by atoms with Crippen LogP contribution in [0.1, 0.15) is 51.8 Å². The van der Waals surface area contributed by atoms with Gasteiger partial charge in [0.25, 0.3) is 0 Å². The van der Waals surface area contributed by atoms with E-state index in [0.29, 0.717) is 18.4 Å². The van der Waals surface area contributed by atoms with Crippen LogP contribution >= 0.6 is 0 Å². The fourth-order valence-corrected chi connectivity index (χ4v) is 4.70. The predicted molar refractivity (Wildman–Crippen MR) is 108 cm³/mol. The lowest BCUT2D eigenvalue weighted by atomic mass is 10.1. The smallest absolute Gasteiger partial charge is 0.218 e. The molecule has 0 bridgehead atoms. The number of hydrogen-bond donors (Lipinski definition) is 2. The van der Waals surface area contributed by atoms with Crippen LogP contribution in [0, 0.1) is 20.8 Å². The average Bonchev–Trinajstić information content (AvgIpc) is 3.41. The van der Waals surface area contributed by atoms with Gasteiger partial charge in [-0.3, -0.25) is 4.79 Å². The average molecular weight is 368 g/mol. The monoisotopic (exact) mass is 367 g/mol. The summed E-state index contributed by atoms with van der Waals surface area (Å²) in [7, 11) is 0. The second-order valence-electron chi connectivity index (χ2n) is 8.65. The molecule has 0 atom stereocenters. The molecule has 0 radical (unpaired) electrons. The SMILES string of the molecule is Cc1cccc(C[NH+]2CC[NH+](CC(=O)c3cc(C)n(C4CC4)c3C)CC2)c1. The van der Waals surface area contributed by atoms with Crippen LogP contribution < -0.4 is 9.80 Å². The standard InChI is InChI=1S/C23H31N3O/c1-17-5-4-6-20(13-17)15-24-9-11-25(12-10-24)16-23(27)22-14-18(2)26(19(22)3)21-7-8-21/h4-6,13-14,21H,7-12,15-16H2,1-3H3/p+2. The highest BCUT2D eigenvalue weighted by molar-refractivity contribution is 5.98. The van der Waals surface area contributed by atoms with Gasteiger partial charge in [-0.05, 0) is 39.7 Å². The van der Waals surface area contributed by atoms with E-state index in [9.17, 15) is 4.79 Å². The third-order valence-electron chi connectivity index (χ3n) is 6.31. The molecule has 1 saturated carbocycles. The number of quaternary nitrogens is 2. The number of carbonyl (C=O) groups excluding carboxylic acids is 1. The molecule has 1 aliphatic heterocycles. The zero-order chi connectivity index (χ0) is 19.0. The van der Waals surface area contributed by atoms with Gasteiger partial charge in [0.15, 0.2) is 0 Å². The summed E-state index contributed by atoms with van der Waals surface area (Å²) in [5, 5.41) is 0. The van der Waals surface area contributed by atoms with Crippen LogP contribution in [0.2, 0.25) is 0 Å². The van der Waals surface area contributed by atoms with Crippen molar-refractivity contribution in [1.82, 2.24) is 4.57 Å². The summed E-state index contributed by atoms with van der Waals surface area (Å²) in [4.78, 5) is 16.0. The van der Waals surface area contributed by atoms with Gasteiger partial charge < -0.3 is 14.4 Å². The highest BCUT2D eigenvalue weighted by atomic mass is 16.1. The van der Waals surface area contributed by atoms with E-state index in [-0.39, 0.29) is 0 Å². The minimum Gasteiger partial charge on any atom is -0.345 e. The van der Waals surface area contributed by atoms with E-state index < -0.39 is 0 Å². The summed E-state index contributed by atoms with van der Waals surface area (Å²) in [5.74, 6) is 0.326. The van der Waals surface area contributed by atoms with Crippen LogP contribution in [0.15, 0.2) is 30.3 Å². The predicted octanol–water partition coefficient (Wildman–Crippen LogP) is 0.915. The number of nitrogens with zero attached hydrogens (tertiary/aromatic N) is 1. The first-order valence-electron chi connectivity index (χ1n) is 10.5.